The molecule has 0 spiro atoms. The van der Waals surface area contributed by atoms with Gasteiger partial charge in [-0.1, -0.05) is 6.92 Å². The second-order valence-corrected chi connectivity index (χ2v) is 5.35. The van der Waals surface area contributed by atoms with Gasteiger partial charge >= 0.3 is 0 Å². The fourth-order valence-corrected chi connectivity index (χ4v) is 2.35. The van der Waals surface area contributed by atoms with Gasteiger partial charge in [-0.2, -0.15) is 0 Å². The fraction of sp³-hybridized carbons (Fsp3) is 0.643. The van der Waals surface area contributed by atoms with Crippen molar-refractivity contribution in [2.75, 3.05) is 19.7 Å². The molecule has 2 unspecified atom stereocenters. The van der Waals surface area contributed by atoms with Gasteiger partial charge in [0.1, 0.15) is 5.82 Å². The molecule has 1 aliphatic carbocycles. The third-order valence-electron chi connectivity index (χ3n) is 3.68. The van der Waals surface area contributed by atoms with Gasteiger partial charge in [-0.05, 0) is 30.9 Å². The van der Waals surface area contributed by atoms with E-state index in [0.717, 1.165) is 6.54 Å². The summed E-state index contributed by atoms with van der Waals surface area (Å²) in [5, 5.41) is 9.09. The summed E-state index contributed by atoms with van der Waals surface area (Å²) in [5.41, 5.74) is 6.90. The van der Waals surface area contributed by atoms with Crippen molar-refractivity contribution in [1.29, 1.82) is 0 Å². The van der Waals surface area contributed by atoms with Crippen LogP contribution in [0.2, 0.25) is 0 Å². The van der Waals surface area contributed by atoms with Crippen molar-refractivity contribution in [2.45, 2.75) is 31.8 Å². The molecule has 5 heteroatoms. The van der Waals surface area contributed by atoms with E-state index in [1.807, 2.05) is 0 Å². The van der Waals surface area contributed by atoms with Crippen LogP contribution in [-0.4, -0.2) is 40.7 Å². The average Bonchev–Trinajstić information content (AvgIpc) is 3.22. The molecule has 0 bridgehead atoms. The van der Waals surface area contributed by atoms with Crippen LogP contribution in [0.3, 0.4) is 0 Å². The number of rotatable bonds is 7. The minimum absolute atomic E-state index is 0.174. The predicted octanol–water partition coefficient (Wildman–Crippen LogP) is 1.31. The van der Waals surface area contributed by atoms with Crippen LogP contribution in [0.5, 0.6) is 0 Å². The first kappa shape index (κ1) is 14.4. The third kappa shape index (κ3) is 3.96. The predicted molar refractivity (Wildman–Crippen MR) is 72.0 cm³/mol. The molecule has 4 nitrogen and oxygen atoms in total. The topological polar surface area (TPSA) is 62.4 Å². The highest BCUT2D eigenvalue weighted by molar-refractivity contribution is 5.10. The Kier molecular flexibility index (Phi) is 4.85. The summed E-state index contributed by atoms with van der Waals surface area (Å²) in [5.74, 6) is -0.131. The molecule has 106 valence electrons. The Bertz CT molecular complexity index is 394. The van der Waals surface area contributed by atoms with Gasteiger partial charge in [0.25, 0.3) is 0 Å². The lowest BCUT2D eigenvalue weighted by molar-refractivity contribution is 0.164. The highest BCUT2D eigenvalue weighted by Crippen LogP contribution is 2.29. The molecular weight excluding hydrogens is 245 g/mol. The standard InChI is InChI=1S/C14H22FN3O/c1-10(9-18(6-7-19)12-3-4-12)14(16)13-5-2-11(15)8-17-13/h2,5,8,10,12,14,19H,3-4,6-7,9,16H2,1H3. The number of pyridine rings is 1. The molecule has 0 aliphatic heterocycles. The van der Waals surface area contributed by atoms with Crippen molar-refractivity contribution in [3.05, 3.63) is 29.8 Å². The quantitative estimate of drug-likeness (QED) is 0.782. The Morgan fingerprint density at radius 1 is 1.53 bits per heavy atom. The zero-order valence-electron chi connectivity index (χ0n) is 11.3. The number of aliphatic hydroxyl groups excluding tert-OH is 1. The fourth-order valence-electron chi connectivity index (χ4n) is 2.35. The van der Waals surface area contributed by atoms with Crippen LogP contribution >= 0.6 is 0 Å². The number of halogens is 1. The van der Waals surface area contributed by atoms with Crippen molar-refractivity contribution >= 4 is 0 Å². The maximum Gasteiger partial charge on any atom is 0.141 e. The lowest BCUT2D eigenvalue weighted by atomic mass is 9.98. The number of nitrogens with two attached hydrogens (primary N) is 1. The van der Waals surface area contributed by atoms with Gasteiger partial charge in [0.2, 0.25) is 0 Å². The van der Waals surface area contributed by atoms with Crippen molar-refractivity contribution in [2.24, 2.45) is 11.7 Å². The molecule has 1 heterocycles. The van der Waals surface area contributed by atoms with Gasteiger partial charge < -0.3 is 10.8 Å². The minimum atomic E-state index is -0.344. The van der Waals surface area contributed by atoms with Crippen molar-refractivity contribution < 1.29 is 9.50 Å². The molecule has 1 aliphatic rings. The molecule has 19 heavy (non-hydrogen) atoms. The third-order valence-corrected chi connectivity index (χ3v) is 3.68. The van der Waals surface area contributed by atoms with E-state index < -0.39 is 0 Å². The largest absolute Gasteiger partial charge is 0.395 e. The molecule has 2 atom stereocenters. The second kappa shape index (κ2) is 6.41. The Balaban J connectivity index is 1.93. The van der Waals surface area contributed by atoms with Gasteiger partial charge in [-0.25, -0.2) is 4.39 Å². The maximum absolute atomic E-state index is 12.8. The molecule has 0 amide bonds. The average molecular weight is 267 g/mol. The summed E-state index contributed by atoms with van der Waals surface area (Å²) < 4.78 is 12.8. The van der Waals surface area contributed by atoms with Crippen LogP contribution in [0.1, 0.15) is 31.5 Å². The van der Waals surface area contributed by atoms with E-state index in [4.69, 9.17) is 10.8 Å². The second-order valence-electron chi connectivity index (χ2n) is 5.35. The van der Waals surface area contributed by atoms with E-state index in [-0.39, 0.29) is 24.4 Å². The summed E-state index contributed by atoms with van der Waals surface area (Å²) >= 11 is 0. The van der Waals surface area contributed by atoms with Crippen LogP contribution < -0.4 is 5.73 Å². The molecule has 0 aromatic carbocycles. The zero-order valence-corrected chi connectivity index (χ0v) is 11.3. The zero-order chi connectivity index (χ0) is 13.8. The Labute approximate surface area is 113 Å². The Hall–Kier alpha value is -1.04. The molecule has 1 saturated carbocycles. The van der Waals surface area contributed by atoms with Crippen molar-refractivity contribution in [1.82, 2.24) is 9.88 Å². The van der Waals surface area contributed by atoms with Gasteiger partial charge in [-0.3, -0.25) is 9.88 Å². The summed E-state index contributed by atoms with van der Waals surface area (Å²) in [7, 11) is 0. The van der Waals surface area contributed by atoms with Crippen LogP contribution in [0, 0.1) is 11.7 Å². The summed E-state index contributed by atoms with van der Waals surface area (Å²) in [6.45, 7) is 3.78. The normalized spacial score (nSPS) is 18.6. The molecule has 2 rings (SSSR count). The minimum Gasteiger partial charge on any atom is -0.395 e. The number of hydrogen-bond donors (Lipinski definition) is 2. The molecule has 0 saturated heterocycles. The van der Waals surface area contributed by atoms with Gasteiger partial charge in [0.15, 0.2) is 0 Å². The van der Waals surface area contributed by atoms with Crippen LogP contribution in [0.4, 0.5) is 4.39 Å². The Morgan fingerprint density at radius 2 is 2.26 bits per heavy atom. The van der Waals surface area contributed by atoms with Gasteiger partial charge in [0, 0.05) is 19.1 Å². The van der Waals surface area contributed by atoms with E-state index in [1.54, 1.807) is 6.07 Å². The van der Waals surface area contributed by atoms with Gasteiger partial charge in [-0.15, -0.1) is 0 Å². The molecular formula is C14H22FN3O. The number of aromatic nitrogens is 1. The first-order valence-corrected chi connectivity index (χ1v) is 6.83. The lowest BCUT2D eigenvalue weighted by Crippen LogP contribution is -2.37. The first-order chi connectivity index (χ1) is 9.11. The van der Waals surface area contributed by atoms with E-state index in [0.29, 0.717) is 18.3 Å². The molecule has 1 fully saturated rings. The van der Waals surface area contributed by atoms with Crippen LogP contribution in [-0.2, 0) is 0 Å². The first-order valence-electron chi connectivity index (χ1n) is 6.83. The SMILES string of the molecule is CC(CN(CCO)C1CC1)C(N)c1ccc(F)cn1. The maximum atomic E-state index is 12.8. The van der Waals surface area contributed by atoms with Gasteiger partial charge in [0.05, 0.1) is 24.5 Å². The highest BCUT2D eigenvalue weighted by atomic mass is 19.1. The number of aliphatic hydroxyl groups is 1. The summed E-state index contributed by atoms with van der Waals surface area (Å²) in [6, 6.07) is 3.43. The summed E-state index contributed by atoms with van der Waals surface area (Å²) in [4.78, 5) is 6.33. The van der Waals surface area contributed by atoms with Crippen LogP contribution in [0.15, 0.2) is 18.3 Å². The molecule has 1 aromatic rings. The van der Waals surface area contributed by atoms with E-state index in [9.17, 15) is 4.39 Å². The molecule has 3 N–H and O–H groups in total. The number of hydrogen-bond acceptors (Lipinski definition) is 4. The van der Waals surface area contributed by atoms with Crippen molar-refractivity contribution in [3.63, 3.8) is 0 Å². The highest BCUT2D eigenvalue weighted by Gasteiger charge is 2.30. The van der Waals surface area contributed by atoms with E-state index in [1.165, 1.54) is 25.1 Å². The lowest BCUT2D eigenvalue weighted by Gasteiger charge is -2.28. The number of nitrogens with zero attached hydrogens (tertiary/aromatic N) is 2. The van der Waals surface area contributed by atoms with Crippen LogP contribution in [0.25, 0.3) is 0 Å². The smallest absolute Gasteiger partial charge is 0.141 e. The van der Waals surface area contributed by atoms with Crippen molar-refractivity contribution in [3.8, 4) is 0 Å². The Morgan fingerprint density at radius 3 is 2.79 bits per heavy atom. The van der Waals surface area contributed by atoms with E-state index in [2.05, 4.69) is 16.8 Å². The van der Waals surface area contributed by atoms with E-state index >= 15 is 0 Å². The molecule has 1 aromatic heterocycles. The monoisotopic (exact) mass is 267 g/mol. The molecule has 0 radical (unpaired) electrons. The summed E-state index contributed by atoms with van der Waals surface area (Å²) in [6.07, 6.45) is 3.61.